The second kappa shape index (κ2) is 7.66. The summed E-state index contributed by atoms with van der Waals surface area (Å²) in [5, 5.41) is 0.340. The molecule has 3 aromatic rings. The van der Waals surface area contributed by atoms with Gasteiger partial charge in [-0.3, -0.25) is 0 Å². The molecule has 1 fully saturated rings. The van der Waals surface area contributed by atoms with Gasteiger partial charge in [0.2, 0.25) is 0 Å². The van der Waals surface area contributed by atoms with Crippen molar-refractivity contribution >= 4 is 22.8 Å². The van der Waals surface area contributed by atoms with Crippen LogP contribution >= 0.6 is 11.6 Å². The van der Waals surface area contributed by atoms with Gasteiger partial charge in [-0.15, -0.1) is 0 Å². The largest absolute Gasteiger partial charge is 0.435 e. The lowest BCUT2D eigenvalue weighted by Gasteiger charge is -2.19. The molecule has 0 spiro atoms. The first-order chi connectivity index (χ1) is 13.5. The highest BCUT2D eigenvalue weighted by molar-refractivity contribution is 6.33. The van der Waals surface area contributed by atoms with Crippen molar-refractivity contribution in [1.82, 2.24) is 14.5 Å². The van der Waals surface area contributed by atoms with E-state index in [0.717, 1.165) is 41.0 Å². The maximum atomic E-state index is 12.5. The maximum absolute atomic E-state index is 12.5. The molecule has 7 heteroatoms. The molecule has 1 aromatic carbocycles. The van der Waals surface area contributed by atoms with E-state index in [0.29, 0.717) is 17.0 Å². The normalized spacial score (nSPS) is 15.4. The monoisotopic (exact) mass is 405 g/mol. The number of fused-ring (bicyclic) bond motifs is 1. The van der Waals surface area contributed by atoms with Crippen molar-refractivity contribution in [2.45, 2.75) is 52.2 Å². The van der Waals surface area contributed by atoms with E-state index >= 15 is 0 Å². The zero-order valence-corrected chi connectivity index (χ0v) is 16.6. The molecule has 28 heavy (non-hydrogen) atoms. The van der Waals surface area contributed by atoms with Gasteiger partial charge in [0.05, 0.1) is 5.02 Å². The maximum Gasteiger partial charge on any atom is 0.387 e. The molecule has 4 rings (SSSR count). The third-order valence-corrected chi connectivity index (χ3v) is 5.65. The fourth-order valence-electron chi connectivity index (χ4n) is 3.95. The number of pyridine rings is 1. The molecule has 0 aliphatic heterocycles. The molecule has 2 aromatic heterocycles. The van der Waals surface area contributed by atoms with E-state index in [1.807, 2.05) is 6.07 Å². The van der Waals surface area contributed by atoms with E-state index in [9.17, 15) is 8.78 Å². The highest BCUT2D eigenvalue weighted by Gasteiger charge is 2.34. The van der Waals surface area contributed by atoms with E-state index in [1.165, 1.54) is 25.0 Å². The molecular formula is C21H22ClF2N3O. The number of aromatic nitrogens is 3. The molecule has 1 saturated carbocycles. The Morgan fingerprint density at radius 1 is 1.21 bits per heavy atom. The predicted octanol–water partition coefficient (Wildman–Crippen LogP) is 6.28. The Kier molecular flexibility index (Phi) is 5.23. The molecule has 0 amide bonds. The number of nitrogens with zero attached hydrogens (tertiary/aromatic N) is 3. The number of benzene rings is 1. The fourth-order valence-corrected chi connectivity index (χ4v) is 4.22. The first-order valence-corrected chi connectivity index (χ1v) is 10.0. The quantitative estimate of drug-likeness (QED) is 0.464. The van der Waals surface area contributed by atoms with Crippen molar-refractivity contribution in [2.75, 3.05) is 0 Å². The Balaban J connectivity index is 1.84. The van der Waals surface area contributed by atoms with Crippen molar-refractivity contribution < 1.29 is 13.5 Å². The van der Waals surface area contributed by atoms with Crippen molar-refractivity contribution in [2.24, 2.45) is 5.92 Å². The van der Waals surface area contributed by atoms with Crippen molar-refractivity contribution in [3.63, 3.8) is 0 Å². The molecule has 1 atom stereocenters. The van der Waals surface area contributed by atoms with Crippen LogP contribution in [0.3, 0.4) is 0 Å². The third-order valence-electron chi connectivity index (χ3n) is 5.34. The number of hydrogen-bond acceptors (Lipinski definition) is 3. The number of imidazole rings is 1. The molecule has 4 nitrogen and oxygen atoms in total. The third kappa shape index (κ3) is 3.46. The zero-order chi connectivity index (χ0) is 19.8. The van der Waals surface area contributed by atoms with Gasteiger partial charge < -0.3 is 9.30 Å². The zero-order valence-electron chi connectivity index (χ0n) is 15.8. The van der Waals surface area contributed by atoms with Crippen LogP contribution < -0.4 is 4.74 Å². The second-order valence-electron chi connectivity index (χ2n) is 7.12. The summed E-state index contributed by atoms with van der Waals surface area (Å²) in [7, 11) is 0. The summed E-state index contributed by atoms with van der Waals surface area (Å²) in [4.78, 5) is 9.52. The number of rotatable bonds is 7. The molecule has 148 valence electrons. The minimum Gasteiger partial charge on any atom is -0.435 e. The SMILES string of the molecule is CCc1nc2c(-c3ccc(OC(F)F)cc3Cl)ccnc2n1C(CC)C1CC1. The summed E-state index contributed by atoms with van der Waals surface area (Å²) >= 11 is 6.40. The van der Waals surface area contributed by atoms with Crippen molar-refractivity contribution in [3.8, 4) is 16.9 Å². The van der Waals surface area contributed by atoms with Gasteiger partial charge in [0.1, 0.15) is 17.1 Å². The van der Waals surface area contributed by atoms with Crippen LogP contribution in [0.4, 0.5) is 8.78 Å². The van der Waals surface area contributed by atoms with Gasteiger partial charge in [0.25, 0.3) is 0 Å². The van der Waals surface area contributed by atoms with Crippen LogP contribution in [-0.2, 0) is 6.42 Å². The van der Waals surface area contributed by atoms with Gasteiger partial charge in [-0.2, -0.15) is 8.78 Å². The number of hydrogen-bond donors (Lipinski definition) is 0. The van der Waals surface area contributed by atoms with Crippen LogP contribution in [0.15, 0.2) is 30.5 Å². The molecule has 0 N–H and O–H groups in total. The van der Waals surface area contributed by atoms with Crippen LogP contribution in [0.25, 0.3) is 22.3 Å². The molecule has 2 heterocycles. The van der Waals surface area contributed by atoms with E-state index < -0.39 is 6.61 Å². The number of halogens is 3. The average molecular weight is 406 g/mol. The molecule has 0 radical (unpaired) electrons. The van der Waals surface area contributed by atoms with E-state index in [1.54, 1.807) is 12.3 Å². The minimum atomic E-state index is -2.88. The lowest BCUT2D eigenvalue weighted by atomic mass is 10.1. The Hall–Kier alpha value is -2.21. The van der Waals surface area contributed by atoms with Crippen LogP contribution in [0.5, 0.6) is 5.75 Å². The first-order valence-electron chi connectivity index (χ1n) is 9.64. The van der Waals surface area contributed by atoms with Crippen LogP contribution in [-0.4, -0.2) is 21.1 Å². The Bertz CT molecular complexity index is 1000. The summed E-state index contributed by atoms with van der Waals surface area (Å²) in [6, 6.07) is 6.87. The van der Waals surface area contributed by atoms with Crippen molar-refractivity contribution in [3.05, 3.63) is 41.3 Å². The Morgan fingerprint density at radius 2 is 2.00 bits per heavy atom. The van der Waals surface area contributed by atoms with Gasteiger partial charge in [0.15, 0.2) is 5.65 Å². The van der Waals surface area contributed by atoms with Gasteiger partial charge in [-0.05, 0) is 49.4 Å². The second-order valence-corrected chi connectivity index (χ2v) is 7.52. The van der Waals surface area contributed by atoms with E-state index in [4.69, 9.17) is 16.6 Å². The number of aryl methyl sites for hydroxylation is 1. The summed E-state index contributed by atoms with van der Waals surface area (Å²) in [6.45, 7) is 1.42. The van der Waals surface area contributed by atoms with Gasteiger partial charge in [-0.1, -0.05) is 25.4 Å². The minimum absolute atomic E-state index is 0.0357. The van der Waals surface area contributed by atoms with Crippen LogP contribution in [0, 0.1) is 5.92 Å². The summed E-state index contributed by atoms with van der Waals surface area (Å²) < 4.78 is 31.7. The highest BCUT2D eigenvalue weighted by Crippen LogP contribution is 2.44. The van der Waals surface area contributed by atoms with Crippen molar-refractivity contribution in [1.29, 1.82) is 0 Å². The van der Waals surface area contributed by atoms with Gasteiger partial charge in [-0.25, -0.2) is 9.97 Å². The van der Waals surface area contributed by atoms with Gasteiger partial charge in [0, 0.05) is 29.8 Å². The number of ether oxygens (including phenoxy) is 1. The Morgan fingerprint density at radius 3 is 2.61 bits per heavy atom. The van der Waals surface area contributed by atoms with Crippen LogP contribution in [0.2, 0.25) is 5.02 Å². The predicted molar refractivity (Wildman–Crippen MR) is 106 cm³/mol. The fraction of sp³-hybridized carbons (Fsp3) is 0.429. The van der Waals surface area contributed by atoms with Crippen LogP contribution in [0.1, 0.15) is 45.0 Å². The first kappa shape index (κ1) is 19.1. The molecule has 0 bridgehead atoms. The summed E-state index contributed by atoms with van der Waals surface area (Å²) in [5.74, 6) is 1.74. The Labute approximate surface area is 167 Å². The standard InChI is InChI=1S/C21H22ClF2N3O/c1-3-17(12-5-6-12)27-18(4-2)26-19-15(9-10-25-20(19)27)14-8-7-13(11-16(14)22)28-21(23)24/h7-12,17,21H,3-6H2,1-2H3. The topological polar surface area (TPSA) is 39.9 Å². The summed E-state index contributed by atoms with van der Waals surface area (Å²) in [5.41, 5.74) is 3.22. The summed E-state index contributed by atoms with van der Waals surface area (Å²) in [6.07, 6.45) is 6.11. The highest BCUT2D eigenvalue weighted by atomic mass is 35.5. The van der Waals surface area contributed by atoms with E-state index in [-0.39, 0.29) is 5.75 Å². The molecule has 1 aliphatic carbocycles. The number of alkyl halides is 2. The smallest absolute Gasteiger partial charge is 0.387 e. The lowest BCUT2D eigenvalue weighted by Crippen LogP contribution is -2.13. The van der Waals surface area contributed by atoms with E-state index in [2.05, 4.69) is 28.1 Å². The van der Waals surface area contributed by atoms with Gasteiger partial charge >= 0.3 is 6.61 Å². The molecule has 1 aliphatic rings. The molecule has 0 saturated heterocycles. The molecule has 1 unspecified atom stereocenters. The lowest BCUT2D eigenvalue weighted by molar-refractivity contribution is -0.0498. The average Bonchev–Trinajstić information content (AvgIpc) is 3.43. The molecular weight excluding hydrogens is 384 g/mol.